The van der Waals surface area contributed by atoms with Gasteiger partial charge in [0, 0.05) is 6.54 Å². The Morgan fingerprint density at radius 1 is 1.44 bits per heavy atom. The number of halogens is 1. The Kier molecular flexibility index (Phi) is 4.38. The van der Waals surface area contributed by atoms with Crippen LogP contribution in [0, 0.1) is 0 Å². The molecule has 4 nitrogen and oxygen atoms in total. The topological polar surface area (TPSA) is 47.0 Å². The molecule has 0 spiro atoms. The van der Waals surface area contributed by atoms with Crippen LogP contribution in [0.1, 0.15) is 13.3 Å². The summed E-state index contributed by atoms with van der Waals surface area (Å²) in [6.07, 6.45) is 2.54. The van der Waals surface area contributed by atoms with Crippen LogP contribution in [0.25, 0.3) is 10.6 Å². The highest BCUT2D eigenvalue weighted by atomic mass is 35.5. The zero-order chi connectivity index (χ0) is 13.0. The SMILES string of the molecule is CCCNc1ncnc(-c2sccc2Cl)c1OC. The maximum absolute atomic E-state index is 6.13. The lowest BCUT2D eigenvalue weighted by molar-refractivity contribution is 0.414. The molecular weight excluding hydrogens is 270 g/mol. The second-order valence-electron chi connectivity index (χ2n) is 3.63. The molecule has 0 amide bonds. The Balaban J connectivity index is 2.45. The fraction of sp³-hybridized carbons (Fsp3) is 0.333. The standard InChI is InChI=1S/C12H14ClN3OS/c1-3-5-14-12-10(17-2)9(15-7-16-12)11-8(13)4-6-18-11/h4,6-7H,3,5H2,1-2H3,(H,14,15,16). The van der Waals surface area contributed by atoms with Crippen LogP contribution in [0.2, 0.25) is 5.02 Å². The number of thiophene rings is 1. The Hall–Kier alpha value is -1.33. The van der Waals surface area contributed by atoms with E-state index >= 15 is 0 Å². The Morgan fingerprint density at radius 2 is 2.28 bits per heavy atom. The summed E-state index contributed by atoms with van der Waals surface area (Å²) in [5.41, 5.74) is 0.728. The van der Waals surface area contributed by atoms with E-state index in [2.05, 4.69) is 22.2 Å². The van der Waals surface area contributed by atoms with E-state index in [1.165, 1.54) is 17.7 Å². The Morgan fingerprint density at radius 3 is 2.89 bits per heavy atom. The van der Waals surface area contributed by atoms with Crippen LogP contribution in [0.5, 0.6) is 5.75 Å². The Labute approximate surface area is 115 Å². The molecule has 0 radical (unpaired) electrons. The number of anilines is 1. The van der Waals surface area contributed by atoms with Crippen molar-refractivity contribution >= 4 is 28.8 Å². The van der Waals surface area contributed by atoms with Gasteiger partial charge in [-0.05, 0) is 17.9 Å². The van der Waals surface area contributed by atoms with Crippen LogP contribution in [-0.4, -0.2) is 23.6 Å². The molecule has 0 saturated heterocycles. The maximum atomic E-state index is 6.13. The fourth-order valence-corrected chi connectivity index (χ4v) is 2.70. The summed E-state index contributed by atoms with van der Waals surface area (Å²) >= 11 is 7.67. The molecule has 0 bridgehead atoms. The number of methoxy groups -OCH3 is 1. The van der Waals surface area contributed by atoms with Crippen molar-refractivity contribution in [1.29, 1.82) is 0 Å². The number of ether oxygens (including phenoxy) is 1. The van der Waals surface area contributed by atoms with Gasteiger partial charge < -0.3 is 10.1 Å². The molecule has 2 aromatic heterocycles. The van der Waals surface area contributed by atoms with E-state index in [0.717, 1.165) is 23.5 Å². The van der Waals surface area contributed by atoms with Gasteiger partial charge in [-0.25, -0.2) is 9.97 Å². The van der Waals surface area contributed by atoms with Crippen molar-refractivity contribution in [2.45, 2.75) is 13.3 Å². The minimum atomic E-state index is 0.635. The molecule has 1 N–H and O–H groups in total. The summed E-state index contributed by atoms with van der Waals surface area (Å²) in [5.74, 6) is 1.34. The van der Waals surface area contributed by atoms with Gasteiger partial charge in [0.25, 0.3) is 0 Å². The highest BCUT2D eigenvalue weighted by Gasteiger charge is 2.16. The van der Waals surface area contributed by atoms with Gasteiger partial charge in [0.2, 0.25) is 0 Å². The summed E-state index contributed by atoms with van der Waals surface area (Å²) < 4.78 is 5.41. The van der Waals surface area contributed by atoms with Crippen molar-refractivity contribution in [2.75, 3.05) is 19.0 Å². The third-order valence-corrected chi connectivity index (χ3v) is 3.73. The van der Waals surface area contributed by atoms with Crippen LogP contribution < -0.4 is 10.1 Å². The predicted molar refractivity (Wildman–Crippen MR) is 75.7 cm³/mol. The van der Waals surface area contributed by atoms with Crippen molar-refractivity contribution in [1.82, 2.24) is 9.97 Å². The van der Waals surface area contributed by atoms with E-state index in [0.29, 0.717) is 16.6 Å². The molecule has 0 aromatic carbocycles. The Bertz CT molecular complexity index is 530. The van der Waals surface area contributed by atoms with Crippen molar-refractivity contribution in [3.63, 3.8) is 0 Å². The second-order valence-corrected chi connectivity index (χ2v) is 4.95. The molecule has 2 aromatic rings. The van der Waals surface area contributed by atoms with E-state index in [4.69, 9.17) is 16.3 Å². The van der Waals surface area contributed by atoms with E-state index < -0.39 is 0 Å². The summed E-state index contributed by atoms with van der Waals surface area (Å²) in [7, 11) is 1.61. The molecule has 6 heteroatoms. The van der Waals surface area contributed by atoms with Gasteiger partial charge in [-0.1, -0.05) is 18.5 Å². The molecule has 0 atom stereocenters. The number of rotatable bonds is 5. The van der Waals surface area contributed by atoms with Crippen LogP contribution in [0.15, 0.2) is 17.8 Å². The minimum Gasteiger partial charge on any atom is -0.491 e. The number of nitrogens with zero attached hydrogens (tertiary/aromatic N) is 2. The van der Waals surface area contributed by atoms with E-state index in [1.54, 1.807) is 7.11 Å². The first-order valence-corrected chi connectivity index (χ1v) is 6.90. The number of hydrogen-bond donors (Lipinski definition) is 1. The van der Waals surface area contributed by atoms with Crippen LogP contribution in [0.4, 0.5) is 5.82 Å². The van der Waals surface area contributed by atoms with E-state index in [1.807, 2.05) is 11.4 Å². The summed E-state index contributed by atoms with van der Waals surface area (Å²) in [4.78, 5) is 9.37. The quantitative estimate of drug-likeness (QED) is 0.909. The molecular formula is C12H14ClN3OS. The lowest BCUT2D eigenvalue weighted by Crippen LogP contribution is -2.05. The van der Waals surface area contributed by atoms with Crippen LogP contribution in [-0.2, 0) is 0 Å². The lowest BCUT2D eigenvalue weighted by Gasteiger charge is -2.12. The van der Waals surface area contributed by atoms with Gasteiger partial charge in [0.05, 0.1) is 17.0 Å². The molecule has 2 rings (SSSR count). The smallest absolute Gasteiger partial charge is 0.188 e. The molecule has 0 aliphatic rings. The zero-order valence-corrected chi connectivity index (χ0v) is 11.8. The second kappa shape index (κ2) is 6.02. The lowest BCUT2D eigenvalue weighted by atomic mass is 10.3. The largest absolute Gasteiger partial charge is 0.491 e. The third kappa shape index (κ3) is 2.57. The van der Waals surface area contributed by atoms with Crippen molar-refractivity contribution in [3.8, 4) is 16.3 Å². The van der Waals surface area contributed by atoms with Crippen LogP contribution in [0.3, 0.4) is 0 Å². The maximum Gasteiger partial charge on any atom is 0.188 e. The number of nitrogens with one attached hydrogen (secondary N) is 1. The first kappa shape index (κ1) is 13.1. The predicted octanol–water partition coefficient (Wildman–Crippen LogP) is 3.69. The average Bonchev–Trinajstić information content (AvgIpc) is 2.81. The van der Waals surface area contributed by atoms with Gasteiger partial charge in [0.1, 0.15) is 12.0 Å². The molecule has 96 valence electrons. The first-order valence-electron chi connectivity index (χ1n) is 5.64. The first-order chi connectivity index (χ1) is 8.77. The summed E-state index contributed by atoms with van der Waals surface area (Å²) in [5, 5.41) is 5.83. The summed E-state index contributed by atoms with van der Waals surface area (Å²) in [6.45, 7) is 2.93. The average molecular weight is 284 g/mol. The highest BCUT2D eigenvalue weighted by molar-refractivity contribution is 7.14. The van der Waals surface area contributed by atoms with Gasteiger partial charge in [0.15, 0.2) is 11.6 Å². The van der Waals surface area contributed by atoms with E-state index in [9.17, 15) is 0 Å². The van der Waals surface area contributed by atoms with Gasteiger partial charge in [-0.3, -0.25) is 0 Å². The summed E-state index contributed by atoms with van der Waals surface area (Å²) in [6, 6.07) is 1.85. The molecule has 0 fully saturated rings. The monoisotopic (exact) mass is 283 g/mol. The number of aromatic nitrogens is 2. The van der Waals surface area contributed by atoms with E-state index in [-0.39, 0.29) is 0 Å². The molecule has 2 heterocycles. The fourth-order valence-electron chi connectivity index (χ4n) is 1.56. The van der Waals surface area contributed by atoms with Gasteiger partial charge in [-0.2, -0.15) is 0 Å². The molecule has 0 aliphatic carbocycles. The normalized spacial score (nSPS) is 10.4. The molecule has 0 unspecified atom stereocenters. The molecule has 18 heavy (non-hydrogen) atoms. The van der Waals surface area contributed by atoms with Gasteiger partial charge >= 0.3 is 0 Å². The van der Waals surface area contributed by atoms with Crippen molar-refractivity contribution in [2.24, 2.45) is 0 Å². The highest BCUT2D eigenvalue weighted by Crippen LogP contribution is 2.39. The molecule has 0 saturated carbocycles. The van der Waals surface area contributed by atoms with Crippen molar-refractivity contribution < 1.29 is 4.74 Å². The van der Waals surface area contributed by atoms with Crippen LogP contribution >= 0.6 is 22.9 Å². The third-order valence-electron chi connectivity index (χ3n) is 2.38. The zero-order valence-electron chi connectivity index (χ0n) is 10.2. The van der Waals surface area contributed by atoms with Gasteiger partial charge in [-0.15, -0.1) is 11.3 Å². The molecule has 0 aliphatic heterocycles. The minimum absolute atomic E-state index is 0.635. The van der Waals surface area contributed by atoms with Crippen molar-refractivity contribution in [3.05, 3.63) is 22.8 Å². The number of hydrogen-bond acceptors (Lipinski definition) is 5.